The van der Waals surface area contributed by atoms with E-state index in [4.69, 9.17) is 16.3 Å². The molecule has 0 aromatic heterocycles. The molecule has 0 bridgehead atoms. The normalized spacial score (nSPS) is 26.7. The highest BCUT2D eigenvalue weighted by Crippen LogP contribution is 2.22. The quantitative estimate of drug-likeness (QED) is 0.924. The van der Waals surface area contributed by atoms with Gasteiger partial charge in [-0.05, 0) is 37.1 Å². The van der Waals surface area contributed by atoms with Gasteiger partial charge in [0.15, 0.2) is 0 Å². The van der Waals surface area contributed by atoms with Gasteiger partial charge in [0.2, 0.25) is 0 Å². The monoisotopic (exact) mass is 298 g/mol. The van der Waals surface area contributed by atoms with Gasteiger partial charge in [-0.25, -0.2) is 4.39 Å². The SMILES string of the molecule is Fc1ccc(CNCC2CN3CCCC3CO2)cc1Cl. The van der Waals surface area contributed by atoms with E-state index in [1.165, 1.54) is 25.5 Å². The molecule has 2 aliphatic rings. The molecule has 20 heavy (non-hydrogen) atoms. The minimum Gasteiger partial charge on any atom is -0.374 e. The summed E-state index contributed by atoms with van der Waals surface area (Å²) in [6.07, 6.45) is 2.82. The number of rotatable bonds is 4. The van der Waals surface area contributed by atoms with Gasteiger partial charge in [0, 0.05) is 25.7 Å². The average molecular weight is 299 g/mol. The molecule has 3 nitrogen and oxygen atoms in total. The predicted molar refractivity (Wildman–Crippen MR) is 77.5 cm³/mol. The van der Waals surface area contributed by atoms with Crippen molar-refractivity contribution in [2.75, 3.05) is 26.2 Å². The van der Waals surface area contributed by atoms with Crippen molar-refractivity contribution in [1.82, 2.24) is 10.2 Å². The number of halogens is 2. The third-order valence-electron chi connectivity index (χ3n) is 4.15. The molecule has 2 heterocycles. The molecule has 1 N–H and O–H groups in total. The number of morpholine rings is 1. The Morgan fingerprint density at radius 3 is 3.20 bits per heavy atom. The van der Waals surface area contributed by atoms with Gasteiger partial charge in [0.05, 0.1) is 17.7 Å². The molecule has 2 aliphatic heterocycles. The van der Waals surface area contributed by atoms with Crippen LogP contribution in [0.1, 0.15) is 18.4 Å². The van der Waals surface area contributed by atoms with Gasteiger partial charge in [0.25, 0.3) is 0 Å². The maximum atomic E-state index is 13.1. The first kappa shape index (κ1) is 14.3. The maximum Gasteiger partial charge on any atom is 0.141 e. The van der Waals surface area contributed by atoms with E-state index in [1.807, 2.05) is 0 Å². The Balaban J connectivity index is 1.44. The number of nitrogens with zero attached hydrogens (tertiary/aromatic N) is 1. The Labute approximate surface area is 124 Å². The van der Waals surface area contributed by atoms with Gasteiger partial charge in [-0.15, -0.1) is 0 Å². The standard InChI is InChI=1S/C15H20ClFN2O/c16-14-6-11(3-4-15(14)17)7-18-8-13-9-19-5-1-2-12(19)10-20-13/h3-4,6,12-13,18H,1-2,5,7-10H2. The van der Waals surface area contributed by atoms with E-state index in [0.29, 0.717) is 12.6 Å². The van der Waals surface area contributed by atoms with Gasteiger partial charge < -0.3 is 10.1 Å². The molecule has 0 saturated carbocycles. The highest BCUT2D eigenvalue weighted by molar-refractivity contribution is 6.30. The molecule has 2 atom stereocenters. The fourth-order valence-corrected chi connectivity index (χ4v) is 3.24. The maximum absolute atomic E-state index is 13.1. The number of nitrogens with one attached hydrogen (secondary N) is 1. The zero-order valence-corrected chi connectivity index (χ0v) is 12.2. The average Bonchev–Trinajstić information content (AvgIpc) is 2.90. The third kappa shape index (κ3) is 3.31. The van der Waals surface area contributed by atoms with Crippen molar-refractivity contribution < 1.29 is 9.13 Å². The molecule has 0 amide bonds. The molecule has 2 saturated heterocycles. The Kier molecular flexibility index (Phi) is 4.56. The van der Waals surface area contributed by atoms with Crippen LogP contribution < -0.4 is 5.32 Å². The zero-order valence-electron chi connectivity index (χ0n) is 11.4. The van der Waals surface area contributed by atoms with Crippen LogP contribution in [0.2, 0.25) is 5.02 Å². The second kappa shape index (κ2) is 6.39. The van der Waals surface area contributed by atoms with Crippen LogP contribution in [0.5, 0.6) is 0 Å². The Hall–Kier alpha value is -0.680. The van der Waals surface area contributed by atoms with Crippen molar-refractivity contribution in [3.63, 3.8) is 0 Å². The Morgan fingerprint density at radius 1 is 1.45 bits per heavy atom. The van der Waals surface area contributed by atoms with Crippen LogP contribution in [0.4, 0.5) is 4.39 Å². The molecule has 0 aliphatic carbocycles. The van der Waals surface area contributed by atoms with Crippen LogP contribution in [0.25, 0.3) is 0 Å². The lowest BCUT2D eigenvalue weighted by molar-refractivity contribution is -0.0470. The van der Waals surface area contributed by atoms with E-state index >= 15 is 0 Å². The third-order valence-corrected chi connectivity index (χ3v) is 4.44. The van der Waals surface area contributed by atoms with Crippen LogP contribution in [0, 0.1) is 5.82 Å². The highest BCUT2D eigenvalue weighted by atomic mass is 35.5. The van der Waals surface area contributed by atoms with E-state index in [0.717, 1.165) is 25.3 Å². The summed E-state index contributed by atoms with van der Waals surface area (Å²) in [5, 5.41) is 3.54. The zero-order chi connectivity index (χ0) is 13.9. The first-order valence-corrected chi connectivity index (χ1v) is 7.60. The van der Waals surface area contributed by atoms with Gasteiger partial charge in [0.1, 0.15) is 5.82 Å². The molecule has 0 radical (unpaired) electrons. The summed E-state index contributed by atoms with van der Waals surface area (Å²) in [6.45, 7) is 4.58. The summed E-state index contributed by atoms with van der Waals surface area (Å²) < 4.78 is 18.9. The number of hydrogen-bond acceptors (Lipinski definition) is 3. The minimum absolute atomic E-state index is 0.179. The van der Waals surface area contributed by atoms with Gasteiger partial charge >= 0.3 is 0 Å². The topological polar surface area (TPSA) is 24.5 Å². The molecule has 1 aromatic rings. The van der Waals surface area contributed by atoms with Crippen molar-refractivity contribution in [1.29, 1.82) is 0 Å². The van der Waals surface area contributed by atoms with Crippen LogP contribution in [0.3, 0.4) is 0 Å². The Bertz CT molecular complexity index is 471. The Morgan fingerprint density at radius 2 is 2.35 bits per heavy atom. The lowest BCUT2D eigenvalue weighted by Crippen LogP contribution is -2.49. The molecule has 110 valence electrons. The van der Waals surface area contributed by atoms with Crippen LogP contribution in [-0.4, -0.2) is 43.3 Å². The summed E-state index contributed by atoms with van der Waals surface area (Å²) in [5.41, 5.74) is 0.992. The van der Waals surface area contributed by atoms with Gasteiger partial charge in [-0.1, -0.05) is 17.7 Å². The van der Waals surface area contributed by atoms with Crippen molar-refractivity contribution >= 4 is 11.6 Å². The molecule has 2 fully saturated rings. The first-order valence-electron chi connectivity index (χ1n) is 7.22. The summed E-state index contributed by atoms with van der Waals surface area (Å²) in [7, 11) is 0. The van der Waals surface area contributed by atoms with E-state index in [2.05, 4.69) is 10.2 Å². The largest absolute Gasteiger partial charge is 0.374 e. The second-order valence-corrected chi connectivity index (χ2v) is 6.03. The summed E-state index contributed by atoms with van der Waals surface area (Å²) in [4.78, 5) is 2.53. The fraction of sp³-hybridized carbons (Fsp3) is 0.600. The van der Waals surface area contributed by atoms with E-state index in [-0.39, 0.29) is 16.9 Å². The summed E-state index contributed by atoms with van der Waals surface area (Å²) in [5.74, 6) is -0.369. The lowest BCUT2D eigenvalue weighted by Gasteiger charge is -2.35. The molecular formula is C15H20ClFN2O. The van der Waals surface area contributed by atoms with E-state index in [1.54, 1.807) is 12.1 Å². The van der Waals surface area contributed by atoms with Gasteiger partial charge in [-0.2, -0.15) is 0 Å². The number of benzene rings is 1. The lowest BCUT2D eigenvalue weighted by atomic mass is 10.2. The van der Waals surface area contributed by atoms with Crippen LogP contribution in [0.15, 0.2) is 18.2 Å². The number of hydrogen-bond donors (Lipinski definition) is 1. The number of ether oxygens (including phenoxy) is 1. The first-order chi connectivity index (χ1) is 9.72. The fourth-order valence-electron chi connectivity index (χ4n) is 3.04. The smallest absolute Gasteiger partial charge is 0.141 e. The summed E-state index contributed by atoms with van der Waals surface area (Å²) >= 11 is 5.77. The van der Waals surface area contributed by atoms with Crippen LogP contribution in [-0.2, 0) is 11.3 Å². The predicted octanol–water partition coefficient (Wildman–Crippen LogP) is 2.43. The van der Waals surface area contributed by atoms with Crippen LogP contribution >= 0.6 is 11.6 Å². The molecule has 2 unspecified atom stereocenters. The van der Waals surface area contributed by atoms with Crippen molar-refractivity contribution in [3.05, 3.63) is 34.6 Å². The summed E-state index contributed by atoms with van der Waals surface area (Å²) in [6, 6.07) is 5.47. The minimum atomic E-state index is -0.369. The molecule has 5 heteroatoms. The van der Waals surface area contributed by atoms with Gasteiger partial charge in [-0.3, -0.25) is 4.90 Å². The molecular weight excluding hydrogens is 279 g/mol. The molecule has 1 aromatic carbocycles. The second-order valence-electron chi connectivity index (χ2n) is 5.63. The molecule has 0 spiro atoms. The highest BCUT2D eigenvalue weighted by Gasteiger charge is 2.31. The van der Waals surface area contributed by atoms with Crippen molar-refractivity contribution in [3.8, 4) is 0 Å². The van der Waals surface area contributed by atoms with E-state index in [9.17, 15) is 4.39 Å². The number of fused-ring (bicyclic) bond motifs is 1. The van der Waals surface area contributed by atoms with Crippen molar-refractivity contribution in [2.24, 2.45) is 0 Å². The van der Waals surface area contributed by atoms with E-state index < -0.39 is 0 Å². The van der Waals surface area contributed by atoms with Crippen molar-refractivity contribution in [2.45, 2.75) is 31.5 Å². The molecule has 3 rings (SSSR count).